The molecule has 0 N–H and O–H groups in total. The van der Waals surface area contributed by atoms with Crippen LogP contribution in [0.1, 0.15) is 38.7 Å². The second-order valence-corrected chi connectivity index (χ2v) is 7.07. The molecule has 0 amide bonds. The quantitative estimate of drug-likeness (QED) is 0.494. The molecule has 3 aromatic heterocycles. The number of nitrogens with zero attached hydrogens (tertiary/aromatic N) is 4. The van der Waals surface area contributed by atoms with Gasteiger partial charge in [0.2, 0.25) is 11.2 Å². The van der Waals surface area contributed by atoms with Crippen molar-refractivity contribution in [2.45, 2.75) is 20.4 Å². The summed E-state index contributed by atoms with van der Waals surface area (Å²) in [6.07, 6.45) is 1.56. The van der Waals surface area contributed by atoms with Crippen LogP contribution in [0.5, 0.6) is 0 Å². The molecule has 0 radical (unpaired) electrons. The molecule has 0 saturated heterocycles. The standard InChI is InChI=1S/C24H18N4O2/c1-15-10-11-21(26-16(15)2)24(30)20-14-28(13-18-7-5-6-17(12-25)27-18)22-9-4-3-8-19(22)23(20)29/h3-11,14H,13H2,1-2H3. The number of para-hydroxylation sites is 1. The zero-order valence-electron chi connectivity index (χ0n) is 16.6. The Kier molecular flexibility index (Phi) is 4.95. The van der Waals surface area contributed by atoms with Gasteiger partial charge in [-0.1, -0.05) is 24.3 Å². The summed E-state index contributed by atoms with van der Waals surface area (Å²) < 4.78 is 1.81. The summed E-state index contributed by atoms with van der Waals surface area (Å²) in [4.78, 5) is 34.9. The van der Waals surface area contributed by atoms with E-state index in [9.17, 15) is 9.59 Å². The molecular weight excluding hydrogens is 376 g/mol. The van der Waals surface area contributed by atoms with Crippen LogP contribution in [0.25, 0.3) is 10.9 Å². The monoisotopic (exact) mass is 394 g/mol. The van der Waals surface area contributed by atoms with E-state index < -0.39 is 5.78 Å². The lowest BCUT2D eigenvalue weighted by atomic mass is 10.0. The van der Waals surface area contributed by atoms with Crippen molar-refractivity contribution >= 4 is 16.7 Å². The van der Waals surface area contributed by atoms with E-state index in [0.29, 0.717) is 28.8 Å². The Bertz CT molecular complexity index is 1400. The zero-order chi connectivity index (χ0) is 21.3. The van der Waals surface area contributed by atoms with Crippen LogP contribution >= 0.6 is 0 Å². The molecule has 1 aromatic carbocycles. The maximum Gasteiger partial charge on any atom is 0.216 e. The highest BCUT2D eigenvalue weighted by Gasteiger charge is 2.19. The number of pyridine rings is 3. The van der Waals surface area contributed by atoms with Crippen LogP contribution in [0.3, 0.4) is 0 Å². The molecule has 0 bridgehead atoms. The number of aryl methyl sites for hydroxylation is 2. The Labute approximate surface area is 173 Å². The van der Waals surface area contributed by atoms with Crippen LogP contribution in [0.2, 0.25) is 0 Å². The molecule has 6 nitrogen and oxygen atoms in total. The molecule has 146 valence electrons. The number of carbonyl (C=O) groups excluding carboxylic acids is 1. The van der Waals surface area contributed by atoms with Gasteiger partial charge in [-0.15, -0.1) is 0 Å². The highest BCUT2D eigenvalue weighted by Crippen LogP contribution is 2.16. The van der Waals surface area contributed by atoms with E-state index in [1.54, 1.807) is 42.6 Å². The van der Waals surface area contributed by atoms with Crippen LogP contribution in [-0.4, -0.2) is 20.3 Å². The minimum Gasteiger partial charge on any atom is -0.340 e. The van der Waals surface area contributed by atoms with Crippen molar-refractivity contribution in [3.8, 4) is 6.07 Å². The third-order valence-corrected chi connectivity index (χ3v) is 5.07. The summed E-state index contributed by atoms with van der Waals surface area (Å²) in [5, 5.41) is 9.56. The van der Waals surface area contributed by atoms with Crippen LogP contribution in [-0.2, 0) is 6.54 Å². The molecule has 0 aliphatic carbocycles. The largest absolute Gasteiger partial charge is 0.340 e. The van der Waals surface area contributed by atoms with Gasteiger partial charge in [0.25, 0.3) is 0 Å². The van der Waals surface area contributed by atoms with E-state index in [1.165, 1.54) is 0 Å². The Morgan fingerprint density at radius 2 is 1.83 bits per heavy atom. The van der Waals surface area contributed by atoms with Crippen molar-refractivity contribution in [3.05, 3.63) is 105 Å². The number of hydrogen-bond acceptors (Lipinski definition) is 5. The molecule has 0 atom stereocenters. The van der Waals surface area contributed by atoms with Gasteiger partial charge in [-0.2, -0.15) is 5.26 Å². The van der Waals surface area contributed by atoms with Crippen molar-refractivity contribution in [2.75, 3.05) is 0 Å². The molecule has 3 heterocycles. The van der Waals surface area contributed by atoms with Crippen LogP contribution < -0.4 is 5.43 Å². The number of rotatable bonds is 4. The van der Waals surface area contributed by atoms with Gasteiger partial charge < -0.3 is 4.57 Å². The first-order chi connectivity index (χ1) is 14.5. The second-order valence-electron chi connectivity index (χ2n) is 7.07. The molecule has 0 saturated carbocycles. The lowest BCUT2D eigenvalue weighted by Gasteiger charge is -2.13. The van der Waals surface area contributed by atoms with Gasteiger partial charge in [0.05, 0.1) is 23.3 Å². The van der Waals surface area contributed by atoms with Crippen LogP contribution in [0.15, 0.2) is 65.6 Å². The van der Waals surface area contributed by atoms with Gasteiger partial charge in [-0.3, -0.25) is 9.59 Å². The molecule has 0 spiro atoms. The fourth-order valence-corrected chi connectivity index (χ4v) is 3.34. The predicted molar refractivity (Wildman–Crippen MR) is 113 cm³/mol. The van der Waals surface area contributed by atoms with Gasteiger partial charge >= 0.3 is 0 Å². The summed E-state index contributed by atoms with van der Waals surface area (Å²) >= 11 is 0. The highest BCUT2D eigenvalue weighted by molar-refractivity contribution is 6.09. The van der Waals surface area contributed by atoms with Gasteiger partial charge in [0.15, 0.2) is 0 Å². The normalized spacial score (nSPS) is 10.7. The Hall–Kier alpha value is -4.11. The number of nitriles is 1. The van der Waals surface area contributed by atoms with Gasteiger partial charge in [-0.25, -0.2) is 9.97 Å². The van der Waals surface area contributed by atoms with Crippen molar-refractivity contribution in [1.29, 1.82) is 5.26 Å². The van der Waals surface area contributed by atoms with Gasteiger partial charge in [-0.05, 0) is 49.7 Å². The number of ketones is 1. The lowest BCUT2D eigenvalue weighted by Crippen LogP contribution is -2.21. The summed E-state index contributed by atoms with van der Waals surface area (Å²) in [6, 6.07) is 17.8. The first-order valence-corrected chi connectivity index (χ1v) is 9.45. The Balaban J connectivity index is 1.87. The number of aromatic nitrogens is 3. The maximum absolute atomic E-state index is 13.1. The summed E-state index contributed by atoms with van der Waals surface area (Å²) in [5.41, 5.74) is 3.36. The van der Waals surface area contributed by atoms with E-state index in [-0.39, 0.29) is 16.7 Å². The first-order valence-electron chi connectivity index (χ1n) is 9.45. The van der Waals surface area contributed by atoms with Crippen LogP contribution in [0.4, 0.5) is 0 Å². The lowest BCUT2D eigenvalue weighted by molar-refractivity contribution is 0.103. The number of carbonyl (C=O) groups is 1. The highest BCUT2D eigenvalue weighted by atomic mass is 16.1. The minimum absolute atomic E-state index is 0.0564. The topological polar surface area (TPSA) is 88.6 Å². The smallest absolute Gasteiger partial charge is 0.216 e. The van der Waals surface area contributed by atoms with Crippen LogP contribution in [0, 0.1) is 25.2 Å². The summed E-state index contributed by atoms with van der Waals surface area (Å²) in [5.74, 6) is -0.415. The molecule has 4 aromatic rings. The Morgan fingerprint density at radius 1 is 1.03 bits per heavy atom. The average molecular weight is 394 g/mol. The molecule has 4 rings (SSSR count). The SMILES string of the molecule is Cc1ccc(C(=O)c2cn(Cc3cccc(C#N)n3)c3ccccc3c2=O)nc1C. The number of benzene rings is 1. The Morgan fingerprint density at radius 3 is 2.60 bits per heavy atom. The maximum atomic E-state index is 13.1. The van der Waals surface area contributed by atoms with Gasteiger partial charge in [0, 0.05) is 17.3 Å². The van der Waals surface area contributed by atoms with Crippen molar-refractivity contribution in [2.24, 2.45) is 0 Å². The van der Waals surface area contributed by atoms with E-state index in [0.717, 1.165) is 11.3 Å². The number of hydrogen-bond donors (Lipinski definition) is 0. The van der Waals surface area contributed by atoms with Crippen molar-refractivity contribution in [3.63, 3.8) is 0 Å². The predicted octanol–water partition coefficient (Wildman–Crippen LogP) is 3.56. The molecule has 0 aliphatic rings. The first kappa shape index (κ1) is 19.2. The fraction of sp³-hybridized carbons (Fsp3) is 0.125. The molecule has 0 unspecified atom stereocenters. The minimum atomic E-state index is -0.415. The molecular formula is C24H18N4O2. The van der Waals surface area contributed by atoms with E-state index in [2.05, 4.69) is 9.97 Å². The summed E-state index contributed by atoms with van der Waals surface area (Å²) in [6.45, 7) is 4.07. The molecule has 6 heteroatoms. The molecule has 30 heavy (non-hydrogen) atoms. The van der Waals surface area contributed by atoms with Gasteiger partial charge in [0.1, 0.15) is 17.5 Å². The summed E-state index contributed by atoms with van der Waals surface area (Å²) in [7, 11) is 0. The van der Waals surface area contributed by atoms with E-state index in [4.69, 9.17) is 5.26 Å². The average Bonchev–Trinajstić information content (AvgIpc) is 2.77. The number of fused-ring (bicyclic) bond motifs is 1. The zero-order valence-corrected chi connectivity index (χ0v) is 16.6. The fourth-order valence-electron chi connectivity index (χ4n) is 3.34. The molecule has 0 fully saturated rings. The van der Waals surface area contributed by atoms with E-state index >= 15 is 0 Å². The molecule has 0 aliphatic heterocycles. The van der Waals surface area contributed by atoms with Crippen molar-refractivity contribution in [1.82, 2.24) is 14.5 Å². The third kappa shape index (κ3) is 3.49. The van der Waals surface area contributed by atoms with Crippen molar-refractivity contribution < 1.29 is 4.79 Å². The third-order valence-electron chi connectivity index (χ3n) is 5.07. The van der Waals surface area contributed by atoms with E-state index in [1.807, 2.05) is 42.7 Å². The second kappa shape index (κ2) is 7.72.